The van der Waals surface area contributed by atoms with Crippen LogP contribution in [-0.2, 0) is 6.42 Å². The average molecular weight is 224 g/mol. The molecule has 1 nitrogen and oxygen atoms in total. The predicted molar refractivity (Wildman–Crippen MR) is 71.4 cm³/mol. The number of hydrogen-bond donors (Lipinski definition) is 0. The fraction of sp³-hybridized carbons (Fsp3) is 0.188. The Kier molecular flexibility index (Phi) is 3.38. The van der Waals surface area contributed by atoms with Gasteiger partial charge in [0.1, 0.15) is 0 Å². The van der Waals surface area contributed by atoms with E-state index in [9.17, 15) is 4.79 Å². The fourth-order valence-corrected chi connectivity index (χ4v) is 2.00. The molecule has 0 amide bonds. The molecule has 1 heteroatoms. The van der Waals surface area contributed by atoms with Crippen LogP contribution in [0.4, 0.5) is 0 Å². The summed E-state index contributed by atoms with van der Waals surface area (Å²) in [5.41, 5.74) is 5.30. The van der Waals surface area contributed by atoms with Crippen molar-refractivity contribution in [2.45, 2.75) is 20.3 Å². The number of benzene rings is 2. The van der Waals surface area contributed by atoms with Gasteiger partial charge >= 0.3 is 0 Å². The molecule has 0 N–H and O–H groups in total. The van der Waals surface area contributed by atoms with Gasteiger partial charge in [-0.15, -0.1) is 0 Å². The molecule has 2 aromatic carbocycles. The van der Waals surface area contributed by atoms with Crippen LogP contribution < -0.4 is 0 Å². The molecule has 0 bridgehead atoms. The van der Waals surface area contributed by atoms with E-state index in [1.165, 1.54) is 5.56 Å². The van der Waals surface area contributed by atoms with E-state index in [1.807, 2.05) is 31.2 Å². The molecule has 0 aromatic heterocycles. The lowest BCUT2D eigenvalue weighted by atomic mass is 9.97. The second-order valence-electron chi connectivity index (χ2n) is 4.26. The van der Waals surface area contributed by atoms with Crippen molar-refractivity contribution in [2.75, 3.05) is 0 Å². The van der Waals surface area contributed by atoms with Crippen LogP contribution in [0, 0.1) is 6.92 Å². The highest BCUT2D eigenvalue weighted by molar-refractivity contribution is 5.87. The van der Waals surface area contributed by atoms with E-state index in [-0.39, 0.29) is 0 Å². The Balaban J connectivity index is 2.55. The molecule has 0 spiro atoms. The Morgan fingerprint density at radius 1 is 1.12 bits per heavy atom. The van der Waals surface area contributed by atoms with E-state index in [2.05, 4.69) is 25.1 Å². The lowest BCUT2D eigenvalue weighted by molar-refractivity contribution is 0.112. The van der Waals surface area contributed by atoms with Crippen LogP contribution in [0.25, 0.3) is 11.1 Å². The Labute approximate surface area is 102 Å². The van der Waals surface area contributed by atoms with Crippen molar-refractivity contribution in [1.29, 1.82) is 0 Å². The first-order valence-corrected chi connectivity index (χ1v) is 5.89. The molecule has 0 aliphatic carbocycles. The van der Waals surface area contributed by atoms with E-state index in [0.29, 0.717) is 0 Å². The summed E-state index contributed by atoms with van der Waals surface area (Å²) < 4.78 is 0. The van der Waals surface area contributed by atoms with Gasteiger partial charge in [0.05, 0.1) is 0 Å². The summed E-state index contributed by atoms with van der Waals surface area (Å²) in [6.45, 7) is 4.13. The van der Waals surface area contributed by atoms with Crippen molar-refractivity contribution in [3.63, 3.8) is 0 Å². The van der Waals surface area contributed by atoms with Gasteiger partial charge in [0, 0.05) is 5.56 Å². The monoisotopic (exact) mass is 224 g/mol. The van der Waals surface area contributed by atoms with E-state index < -0.39 is 0 Å². The number of aryl methyl sites for hydroxylation is 2. The SMILES string of the molecule is CCc1cccc(-c2ccc(C)cc2C=O)c1. The Hall–Kier alpha value is -1.89. The largest absolute Gasteiger partial charge is 0.298 e. The molecule has 0 unspecified atom stereocenters. The maximum absolute atomic E-state index is 11.1. The van der Waals surface area contributed by atoms with Gasteiger partial charge < -0.3 is 0 Å². The minimum atomic E-state index is 0.762. The van der Waals surface area contributed by atoms with Crippen molar-refractivity contribution < 1.29 is 4.79 Å². The summed E-state index contributed by atoms with van der Waals surface area (Å²) in [6, 6.07) is 14.4. The Bertz CT molecular complexity index is 541. The molecule has 0 saturated carbocycles. The maximum Gasteiger partial charge on any atom is 0.150 e. The highest BCUT2D eigenvalue weighted by Crippen LogP contribution is 2.24. The summed E-state index contributed by atoms with van der Waals surface area (Å²) in [6.07, 6.45) is 1.94. The van der Waals surface area contributed by atoms with Crippen LogP contribution in [0.2, 0.25) is 0 Å². The molecule has 0 saturated heterocycles. The number of carbonyl (C=O) groups excluding carboxylic acids is 1. The third kappa shape index (κ3) is 2.44. The fourth-order valence-electron chi connectivity index (χ4n) is 2.00. The highest BCUT2D eigenvalue weighted by Gasteiger charge is 2.05. The third-order valence-corrected chi connectivity index (χ3v) is 2.98. The predicted octanol–water partition coefficient (Wildman–Crippen LogP) is 4.04. The average Bonchev–Trinajstić information content (AvgIpc) is 2.38. The van der Waals surface area contributed by atoms with Crippen LogP contribution in [-0.4, -0.2) is 6.29 Å². The molecular weight excluding hydrogens is 208 g/mol. The Morgan fingerprint density at radius 3 is 2.65 bits per heavy atom. The second kappa shape index (κ2) is 4.96. The lowest BCUT2D eigenvalue weighted by Crippen LogP contribution is -1.90. The first-order chi connectivity index (χ1) is 8.24. The zero-order valence-corrected chi connectivity index (χ0v) is 10.2. The van der Waals surface area contributed by atoms with Crippen molar-refractivity contribution in [1.82, 2.24) is 0 Å². The van der Waals surface area contributed by atoms with E-state index in [4.69, 9.17) is 0 Å². The summed E-state index contributed by atoms with van der Waals surface area (Å²) in [5, 5.41) is 0. The topological polar surface area (TPSA) is 17.1 Å². The van der Waals surface area contributed by atoms with Crippen molar-refractivity contribution in [3.05, 3.63) is 59.2 Å². The summed E-state index contributed by atoms with van der Waals surface area (Å²) in [7, 11) is 0. The van der Waals surface area contributed by atoms with Crippen LogP contribution in [0.15, 0.2) is 42.5 Å². The third-order valence-electron chi connectivity index (χ3n) is 2.98. The quantitative estimate of drug-likeness (QED) is 0.719. The molecule has 0 heterocycles. The molecule has 0 fully saturated rings. The maximum atomic E-state index is 11.1. The van der Waals surface area contributed by atoms with Gasteiger partial charge in [-0.2, -0.15) is 0 Å². The smallest absolute Gasteiger partial charge is 0.150 e. The summed E-state index contributed by atoms with van der Waals surface area (Å²) in [5.74, 6) is 0. The van der Waals surface area contributed by atoms with Crippen LogP contribution in [0.3, 0.4) is 0 Å². The van der Waals surface area contributed by atoms with Gasteiger partial charge in [-0.3, -0.25) is 4.79 Å². The number of carbonyl (C=O) groups is 1. The van der Waals surface area contributed by atoms with Crippen LogP contribution >= 0.6 is 0 Å². The molecule has 0 aliphatic rings. The zero-order chi connectivity index (χ0) is 12.3. The molecule has 0 radical (unpaired) electrons. The molecule has 2 rings (SSSR count). The zero-order valence-electron chi connectivity index (χ0n) is 10.2. The molecule has 0 atom stereocenters. The first kappa shape index (κ1) is 11.6. The highest BCUT2D eigenvalue weighted by atomic mass is 16.1. The molecular formula is C16H16O. The standard InChI is InChI=1S/C16H16O/c1-3-13-5-4-6-14(10-13)16-8-7-12(2)9-15(16)11-17/h4-11H,3H2,1-2H3. The van der Waals surface area contributed by atoms with Gasteiger partial charge in [0.15, 0.2) is 6.29 Å². The lowest BCUT2D eigenvalue weighted by Gasteiger charge is -2.07. The van der Waals surface area contributed by atoms with Crippen molar-refractivity contribution in [3.8, 4) is 11.1 Å². The van der Waals surface area contributed by atoms with Crippen molar-refractivity contribution >= 4 is 6.29 Å². The first-order valence-electron chi connectivity index (χ1n) is 5.89. The van der Waals surface area contributed by atoms with Gasteiger partial charge in [0.25, 0.3) is 0 Å². The molecule has 86 valence electrons. The van der Waals surface area contributed by atoms with Gasteiger partial charge in [-0.05, 0) is 36.1 Å². The van der Waals surface area contributed by atoms with Gasteiger partial charge in [-0.25, -0.2) is 0 Å². The van der Waals surface area contributed by atoms with E-state index >= 15 is 0 Å². The second-order valence-corrected chi connectivity index (χ2v) is 4.26. The molecule has 2 aromatic rings. The molecule has 0 aliphatic heterocycles. The number of hydrogen-bond acceptors (Lipinski definition) is 1. The van der Waals surface area contributed by atoms with Gasteiger partial charge in [-0.1, -0.05) is 48.9 Å². The molecule has 17 heavy (non-hydrogen) atoms. The summed E-state index contributed by atoms with van der Waals surface area (Å²) >= 11 is 0. The van der Waals surface area contributed by atoms with Crippen molar-refractivity contribution in [2.24, 2.45) is 0 Å². The minimum absolute atomic E-state index is 0.762. The van der Waals surface area contributed by atoms with Crippen LogP contribution in [0.5, 0.6) is 0 Å². The Morgan fingerprint density at radius 2 is 1.94 bits per heavy atom. The summed E-state index contributed by atoms with van der Waals surface area (Å²) in [4.78, 5) is 11.1. The van der Waals surface area contributed by atoms with Gasteiger partial charge in [0.2, 0.25) is 0 Å². The van der Waals surface area contributed by atoms with Crippen LogP contribution in [0.1, 0.15) is 28.4 Å². The van der Waals surface area contributed by atoms with E-state index in [0.717, 1.165) is 35.0 Å². The van der Waals surface area contributed by atoms with E-state index in [1.54, 1.807) is 0 Å². The number of rotatable bonds is 3. The normalized spacial score (nSPS) is 10.2. The number of aldehydes is 1. The minimum Gasteiger partial charge on any atom is -0.298 e.